The highest BCUT2D eigenvalue weighted by Gasteiger charge is 2.10. The Labute approximate surface area is 149 Å². The van der Waals surface area contributed by atoms with E-state index in [1.54, 1.807) is 24.4 Å². The Bertz CT molecular complexity index is 1090. The maximum absolute atomic E-state index is 13.4. The summed E-state index contributed by atoms with van der Waals surface area (Å²) in [5.41, 5.74) is 4.03. The van der Waals surface area contributed by atoms with Gasteiger partial charge in [-0.05, 0) is 73.2 Å². The van der Waals surface area contributed by atoms with Crippen molar-refractivity contribution in [2.75, 3.05) is 5.32 Å². The maximum Gasteiger partial charge on any atom is 0.123 e. The van der Waals surface area contributed by atoms with Gasteiger partial charge in [-0.1, -0.05) is 0 Å². The number of aromatic nitrogens is 2. The number of rotatable bonds is 3. The van der Waals surface area contributed by atoms with Crippen LogP contribution in [0.2, 0.25) is 0 Å². The van der Waals surface area contributed by atoms with Gasteiger partial charge in [0.2, 0.25) is 0 Å². The summed E-state index contributed by atoms with van der Waals surface area (Å²) in [5.74, 6) is -0.547. The fourth-order valence-electron chi connectivity index (χ4n) is 2.96. The van der Waals surface area contributed by atoms with Gasteiger partial charge in [-0.25, -0.2) is 8.78 Å². The van der Waals surface area contributed by atoms with E-state index in [9.17, 15) is 8.78 Å². The summed E-state index contributed by atoms with van der Waals surface area (Å²) >= 11 is 0. The number of fused-ring (bicyclic) bond motifs is 1. The van der Waals surface area contributed by atoms with Gasteiger partial charge in [0, 0.05) is 27.7 Å². The Morgan fingerprint density at radius 2 is 1.54 bits per heavy atom. The largest absolute Gasteiger partial charge is 0.356 e. The van der Waals surface area contributed by atoms with Crippen LogP contribution < -0.4 is 5.32 Å². The first kappa shape index (κ1) is 16.1. The van der Waals surface area contributed by atoms with Crippen LogP contribution in [0.5, 0.6) is 0 Å². The van der Waals surface area contributed by atoms with E-state index < -0.39 is 0 Å². The zero-order valence-electron chi connectivity index (χ0n) is 14.0. The first-order valence-corrected chi connectivity index (χ1v) is 8.15. The number of hydrogen-bond donors (Lipinski definition) is 1. The molecule has 0 fully saturated rings. The minimum atomic E-state index is -0.274. The van der Waals surface area contributed by atoms with Crippen molar-refractivity contribution in [3.63, 3.8) is 0 Å². The summed E-state index contributed by atoms with van der Waals surface area (Å²) in [5, 5.41) is 13.4. The quantitative estimate of drug-likeness (QED) is 0.522. The highest BCUT2D eigenvalue weighted by molar-refractivity contribution is 5.96. The number of nitrogens with zero attached hydrogens (tertiary/aromatic N) is 2. The standard InChI is InChI=1S/C21H15F2N3/c1-13-10-16(23)4-8-19(13)21-20-9-7-18(11-14(20)12-24-26-21)25-17-5-2-15(22)3-6-17/h2-12,25H,1H3. The molecule has 3 aromatic carbocycles. The molecule has 3 nitrogen and oxygen atoms in total. The van der Waals surface area contributed by atoms with Crippen LogP contribution in [0.1, 0.15) is 5.56 Å². The topological polar surface area (TPSA) is 37.8 Å². The Morgan fingerprint density at radius 1 is 0.808 bits per heavy atom. The lowest BCUT2D eigenvalue weighted by Gasteiger charge is -2.11. The van der Waals surface area contributed by atoms with Crippen molar-refractivity contribution in [3.8, 4) is 11.3 Å². The lowest BCUT2D eigenvalue weighted by molar-refractivity contribution is 0.626. The van der Waals surface area contributed by atoms with E-state index in [4.69, 9.17) is 0 Å². The highest BCUT2D eigenvalue weighted by atomic mass is 19.1. The van der Waals surface area contributed by atoms with Crippen LogP contribution in [0, 0.1) is 18.6 Å². The summed E-state index contributed by atoms with van der Waals surface area (Å²) in [6.45, 7) is 1.85. The second kappa shape index (κ2) is 6.52. The van der Waals surface area contributed by atoms with Crippen molar-refractivity contribution in [2.24, 2.45) is 0 Å². The fraction of sp³-hybridized carbons (Fsp3) is 0.0476. The molecular formula is C21H15F2N3. The number of anilines is 2. The van der Waals surface area contributed by atoms with E-state index in [1.165, 1.54) is 24.3 Å². The fourth-order valence-corrected chi connectivity index (χ4v) is 2.96. The summed E-state index contributed by atoms with van der Waals surface area (Å²) < 4.78 is 26.4. The van der Waals surface area contributed by atoms with Crippen LogP contribution in [0.3, 0.4) is 0 Å². The van der Waals surface area contributed by atoms with Crippen LogP contribution in [-0.4, -0.2) is 10.2 Å². The molecule has 0 bridgehead atoms. The lowest BCUT2D eigenvalue weighted by Crippen LogP contribution is -1.94. The Kier molecular flexibility index (Phi) is 4.05. The van der Waals surface area contributed by atoms with Crippen LogP contribution in [0.25, 0.3) is 22.0 Å². The van der Waals surface area contributed by atoms with Gasteiger partial charge in [-0.3, -0.25) is 0 Å². The minimum absolute atomic E-state index is 0.273. The molecular weight excluding hydrogens is 332 g/mol. The average Bonchev–Trinajstić information content (AvgIpc) is 2.63. The smallest absolute Gasteiger partial charge is 0.123 e. The van der Waals surface area contributed by atoms with Crippen LogP contribution in [0.15, 0.2) is 66.9 Å². The minimum Gasteiger partial charge on any atom is -0.356 e. The summed E-state index contributed by atoms with van der Waals surface area (Å²) in [7, 11) is 0. The van der Waals surface area contributed by atoms with Gasteiger partial charge in [0.15, 0.2) is 0 Å². The predicted octanol–water partition coefficient (Wildman–Crippen LogP) is 5.63. The van der Waals surface area contributed by atoms with Crippen molar-refractivity contribution >= 4 is 22.1 Å². The number of nitrogens with one attached hydrogen (secondary N) is 1. The molecule has 26 heavy (non-hydrogen) atoms. The molecule has 1 aromatic heterocycles. The van der Waals surface area contributed by atoms with Crippen LogP contribution in [0.4, 0.5) is 20.2 Å². The zero-order chi connectivity index (χ0) is 18.1. The van der Waals surface area contributed by atoms with E-state index in [2.05, 4.69) is 15.5 Å². The molecule has 4 aromatic rings. The molecule has 0 aliphatic rings. The Balaban J connectivity index is 1.75. The van der Waals surface area contributed by atoms with Gasteiger partial charge >= 0.3 is 0 Å². The van der Waals surface area contributed by atoms with E-state index in [1.807, 2.05) is 25.1 Å². The summed E-state index contributed by atoms with van der Waals surface area (Å²) in [6.07, 6.45) is 1.69. The van der Waals surface area contributed by atoms with Gasteiger partial charge in [0.25, 0.3) is 0 Å². The number of hydrogen-bond acceptors (Lipinski definition) is 3. The van der Waals surface area contributed by atoms with Crippen molar-refractivity contribution in [2.45, 2.75) is 6.92 Å². The number of aryl methyl sites for hydroxylation is 1. The molecule has 5 heteroatoms. The van der Waals surface area contributed by atoms with Gasteiger partial charge < -0.3 is 5.32 Å². The van der Waals surface area contributed by atoms with Crippen LogP contribution >= 0.6 is 0 Å². The van der Waals surface area contributed by atoms with Crippen molar-refractivity contribution in [1.82, 2.24) is 10.2 Å². The molecule has 0 aliphatic carbocycles. The Morgan fingerprint density at radius 3 is 2.31 bits per heavy atom. The highest BCUT2D eigenvalue weighted by Crippen LogP contribution is 2.30. The van der Waals surface area contributed by atoms with Crippen molar-refractivity contribution in [1.29, 1.82) is 0 Å². The van der Waals surface area contributed by atoms with Gasteiger partial charge in [-0.15, -0.1) is 5.10 Å². The second-order valence-corrected chi connectivity index (χ2v) is 6.09. The van der Waals surface area contributed by atoms with Crippen molar-refractivity contribution < 1.29 is 8.78 Å². The second-order valence-electron chi connectivity index (χ2n) is 6.09. The molecule has 0 atom stereocenters. The van der Waals surface area contributed by atoms with Gasteiger partial charge in [0.1, 0.15) is 17.3 Å². The normalized spacial score (nSPS) is 10.9. The molecule has 0 unspecified atom stereocenters. The summed E-state index contributed by atoms with van der Waals surface area (Å²) in [6, 6.07) is 16.6. The monoisotopic (exact) mass is 347 g/mol. The molecule has 0 amide bonds. The molecule has 1 heterocycles. The average molecular weight is 347 g/mol. The van der Waals surface area contributed by atoms with Crippen LogP contribution in [-0.2, 0) is 0 Å². The first-order valence-electron chi connectivity index (χ1n) is 8.15. The number of halogens is 2. The molecule has 0 saturated carbocycles. The first-order chi connectivity index (χ1) is 12.6. The van der Waals surface area contributed by atoms with E-state index in [0.717, 1.165) is 33.3 Å². The molecule has 0 spiro atoms. The third kappa shape index (κ3) is 3.11. The molecule has 1 N–H and O–H groups in total. The van der Waals surface area contributed by atoms with Gasteiger partial charge in [0.05, 0.1) is 6.20 Å². The Hall–Kier alpha value is -3.34. The molecule has 4 rings (SSSR count). The van der Waals surface area contributed by atoms with E-state index in [-0.39, 0.29) is 11.6 Å². The predicted molar refractivity (Wildman–Crippen MR) is 99.4 cm³/mol. The lowest BCUT2D eigenvalue weighted by atomic mass is 10.0. The number of benzene rings is 3. The van der Waals surface area contributed by atoms with Crippen molar-refractivity contribution in [3.05, 3.63) is 84.1 Å². The maximum atomic E-state index is 13.4. The SMILES string of the molecule is Cc1cc(F)ccc1-c1nncc2cc(Nc3ccc(F)cc3)ccc12. The van der Waals surface area contributed by atoms with E-state index >= 15 is 0 Å². The van der Waals surface area contributed by atoms with E-state index in [0.29, 0.717) is 5.69 Å². The zero-order valence-corrected chi connectivity index (χ0v) is 14.0. The third-order valence-electron chi connectivity index (χ3n) is 4.24. The molecule has 128 valence electrons. The molecule has 0 radical (unpaired) electrons. The molecule has 0 saturated heterocycles. The van der Waals surface area contributed by atoms with Gasteiger partial charge in [-0.2, -0.15) is 5.10 Å². The third-order valence-corrected chi connectivity index (χ3v) is 4.24. The molecule has 0 aliphatic heterocycles. The summed E-state index contributed by atoms with van der Waals surface area (Å²) in [4.78, 5) is 0.